The number of fused-ring (bicyclic) bond motifs is 1. The summed E-state index contributed by atoms with van der Waals surface area (Å²) in [6.45, 7) is 8.10. The molecule has 3 rings (SSSR count). The summed E-state index contributed by atoms with van der Waals surface area (Å²) in [5.41, 5.74) is 6.65. The highest BCUT2D eigenvalue weighted by atomic mass is 14.7. The minimum absolute atomic E-state index is 0.237. The molecule has 0 aliphatic heterocycles. The summed E-state index contributed by atoms with van der Waals surface area (Å²) < 4.78 is 0. The quantitative estimate of drug-likeness (QED) is 0.656. The van der Waals surface area contributed by atoms with Gasteiger partial charge >= 0.3 is 0 Å². The van der Waals surface area contributed by atoms with Gasteiger partial charge in [0.25, 0.3) is 0 Å². The van der Waals surface area contributed by atoms with Gasteiger partial charge in [0.2, 0.25) is 0 Å². The first-order valence-electron chi connectivity index (χ1n) is 7.92. The molecule has 0 amide bonds. The molecule has 0 saturated carbocycles. The average molecular weight is 289 g/mol. The lowest BCUT2D eigenvalue weighted by Gasteiger charge is -2.30. The third-order valence-corrected chi connectivity index (χ3v) is 4.68. The van der Waals surface area contributed by atoms with E-state index in [0.717, 1.165) is 18.5 Å². The van der Waals surface area contributed by atoms with Gasteiger partial charge in [-0.2, -0.15) is 0 Å². The lowest BCUT2D eigenvalue weighted by molar-refractivity contribution is 0.387. The van der Waals surface area contributed by atoms with Crippen molar-refractivity contribution in [2.45, 2.75) is 33.1 Å². The molecule has 1 heteroatoms. The maximum absolute atomic E-state index is 4.01. The summed E-state index contributed by atoms with van der Waals surface area (Å²) in [6, 6.07) is 15.3. The third kappa shape index (κ3) is 3.19. The monoisotopic (exact) mass is 289 g/mol. The third-order valence-electron chi connectivity index (χ3n) is 4.68. The molecule has 1 aliphatic rings. The zero-order chi connectivity index (χ0) is 15.6. The molecule has 0 saturated heterocycles. The van der Waals surface area contributed by atoms with E-state index in [4.69, 9.17) is 0 Å². The van der Waals surface area contributed by atoms with Crippen LogP contribution in [0.5, 0.6) is 0 Å². The van der Waals surface area contributed by atoms with Gasteiger partial charge in [0, 0.05) is 0 Å². The van der Waals surface area contributed by atoms with Crippen molar-refractivity contribution in [3.63, 3.8) is 0 Å². The number of hydrogen-bond donors (Lipinski definition) is 0. The highest BCUT2D eigenvalue weighted by molar-refractivity contribution is 5.63. The number of hydrogen-bond acceptors (Lipinski definition) is 1. The highest BCUT2D eigenvalue weighted by Gasteiger charge is 2.25. The van der Waals surface area contributed by atoms with Gasteiger partial charge in [-0.1, -0.05) is 55.0 Å². The van der Waals surface area contributed by atoms with Gasteiger partial charge in [0.05, 0.1) is 5.69 Å². The molecular formula is C21H23N. The topological polar surface area (TPSA) is 12.4 Å². The van der Waals surface area contributed by atoms with Crippen LogP contribution in [0.2, 0.25) is 0 Å². The van der Waals surface area contributed by atoms with E-state index >= 15 is 0 Å². The molecule has 0 fully saturated rings. The molecule has 0 radical (unpaired) electrons. The van der Waals surface area contributed by atoms with E-state index in [1.807, 2.05) is 0 Å². The Kier molecular flexibility index (Phi) is 3.98. The normalized spacial score (nSPS) is 19.7. The average Bonchev–Trinajstić information content (AvgIpc) is 2.54. The van der Waals surface area contributed by atoms with Crippen LogP contribution in [0.1, 0.15) is 35.6 Å². The van der Waals surface area contributed by atoms with Crippen LogP contribution in [-0.4, -0.2) is 6.72 Å². The van der Waals surface area contributed by atoms with Gasteiger partial charge in [-0.05, 0) is 67.1 Å². The molecule has 2 aromatic rings. The maximum Gasteiger partial charge on any atom is 0.0628 e. The van der Waals surface area contributed by atoms with Gasteiger partial charge in [-0.15, -0.1) is 0 Å². The number of rotatable bonds is 4. The predicted octanol–water partition coefficient (Wildman–Crippen LogP) is 5.54. The number of benzene rings is 2. The first-order valence-corrected chi connectivity index (χ1v) is 7.92. The van der Waals surface area contributed by atoms with Gasteiger partial charge < -0.3 is 0 Å². The zero-order valence-electron chi connectivity index (χ0n) is 13.5. The number of aryl methyl sites for hydroxylation is 2. The Labute approximate surface area is 133 Å². The molecule has 1 aliphatic carbocycles. The number of nitrogens with zero attached hydrogens (tertiary/aromatic N) is 1. The molecule has 1 nitrogen and oxygen atoms in total. The zero-order valence-corrected chi connectivity index (χ0v) is 13.5. The van der Waals surface area contributed by atoms with Crippen LogP contribution in [0.15, 0.2) is 53.5 Å². The van der Waals surface area contributed by atoms with E-state index in [2.05, 4.69) is 80.2 Å². The first-order chi connectivity index (χ1) is 10.6. The van der Waals surface area contributed by atoms with E-state index in [1.54, 1.807) is 0 Å². The van der Waals surface area contributed by atoms with Crippen LogP contribution in [0.4, 0.5) is 5.69 Å². The van der Waals surface area contributed by atoms with Crippen LogP contribution >= 0.6 is 0 Å². The Hall–Kier alpha value is -2.15. The molecule has 22 heavy (non-hydrogen) atoms. The minimum Gasteiger partial charge on any atom is -0.265 e. The van der Waals surface area contributed by atoms with Crippen molar-refractivity contribution in [2.75, 3.05) is 0 Å². The predicted molar refractivity (Wildman–Crippen MR) is 96.0 cm³/mol. The molecule has 0 aromatic heterocycles. The molecule has 2 aromatic carbocycles. The summed E-state index contributed by atoms with van der Waals surface area (Å²) in [5.74, 6) is 0. The van der Waals surface area contributed by atoms with Crippen molar-refractivity contribution in [2.24, 2.45) is 10.4 Å². The molecule has 1 unspecified atom stereocenters. The van der Waals surface area contributed by atoms with Gasteiger partial charge in [-0.25, -0.2) is 0 Å². The second-order valence-electron chi connectivity index (χ2n) is 6.69. The van der Waals surface area contributed by atoms with Crippen molar-refractivity contribution < 1.29 is 0 Å². The van der Waals surface area contributed by atoms with Gasteiger partial charge in [0.1, 0.15) is 0 Å². The van der Waals surface area contributed by atoms with Crippen LogP contribution in [0, 0.1) is 12.3 Å². The largest absolute Gasteiger partial charge is 0.265 e. The molecule has 0 bridgehead atoms. The van der Waals surface area contributed by atoms with Crippen molar-refractivity contribution in [1.29, 1.82) is 0 Å². The molecule has 0 heterocycles. The van der Waals surface area contributed by atoms with E-state index in [0.29, 0.717) is 0 Å². The number of aliphatic imine (C=N–C) groups is 1. The van der Waals surface area contributed by atoms with Crippen LogP contribution < -0.4 is 0 Å². The molecule has 0 N–H and O–H groups in total. The van der Waals surface area contributed by atoms with Crippen molar-refractivity contribution in [3.05, 3.63) is 70.8 Å². The summed E-state index contributed by atoms with van der Waals surface area (Å²) >= 11 is 0. The molecule has 1 atom stereocenters. The van der Waals surface area contributed by atoms with E-state index in [1.165, 1.54) is 28.7 Å². The first kappa shape index (κ1) is 14.8. The van der Waals surface area contributed by atoms with Crippen LogP contribution in [0.25, 0.3) is 6.08 Å². The Morgan fingerprint density at radius 3 is 2.64 bits per heavy atom. The smallest absolute Gasteiger partial charge is 0.0628 e. The van der Waals surface area contributed by atoms with Crippen molar-refractivity contribution in [1.82, 2.24) is 0 Å². The van der Waals surface area contributed by atoms with Crippen molar-refractivity contribution in [3.8, 4) is 0 Å². The van der Waals surface area contributed by atoms with Crippen molar-refractivity contribution >= 4 is 18.5 Å². The second-order valence-corrected chi connectivity index (χ2v) is 6.69. The number of allylic oxidation sites excluding steroid dienone is 1. The van der Waals surface area contributed by atoms with Gasteiger partial charge in [0.15, 0.2) is 0 Å². The fourth-order valence-electron chi connectivity index (χ4n) is 3.14. The summed E-state index contributed by atoms with van der Waals surface area (Å²) in [4.78, 5) is 4.01. The Morgan fingerprint density at radius 1 is 1.14 bits per heavy atom. The SMILES string of the molecule is C=Nc1ccc2c(c1)C=CC(C)(CCc1ccc(C)cc1)C2. The van der Waals surface area contributed by atoms with Crippen LogP contribution in [-0.2, 0) is 12.8 Å². The van der Waals surface area contributed by atoms with E-state index < -0.39 is 0 Å². The minimum atomic E-state index is 0.237. The summed E-state index contributed by atoms with van der Waals surface area (Å²) in [5, 5.41) is 0. The lowest BCUT2D eigenvalue weighted by Crippen LogP contribution is -2.21. The molecule has 112 valence electrons. The van der Waals surface area contributed by atoms with E-state index in [9.17, 15) is 0 Å². The maximum atomic E-state index is 4.01. The fraction of sp³-hybridized carbons (Fsp3) is 0.286. The standard InChI is InChI=1S/C21H23N/c1-16-4-6-17(7-5-16)10-12-21(2)13-11-18-14-20(22-3)9-8-19(18)15-21/h4-9,11,13-14H,3,10,12,15H2,1-2H3. The summed E-state index contributed by atoms with van der Waals surface area (Å²) in [6.07, 6.45) is 8.03. The summed E-state index contributed by atoms with van der Waals surface area (Å²) in [7, 11) is 0. The molecule has 0 spiro atoms. The van der Waals surface area contributed by atoms with E-state index in [-0.39, 0.29) is 5.41 Å². The molecular weight excluding hydrogens is 266 g/mol. The highest BCUT2D eigenvalue weighted by Crippen LogP contribution is 2.37. The Bertz CT molecular complexity index is 709. The second kappa shape index (κ2) is 5.92. The Balaban J connectivity index is 1.72. The Morgan fingerprint density at radius 2 is 1.91 bits per heavy atom. The van der Waals surface area contributed by atoms with Gasteiger partial charge in [-0.3, -0.25) is 4.99 Å². The lowest BCUT2D eigenvalue weighted by atomic mass is 9.74. The van der Waals surface area contributed by atoms with Crippen LogP contribution in [0.3, 0.4) is 0 Å². The fourth-order valence-corrected chi connectivity index (χ4v) is 3.14.